The average molecular weight is 313 g/mol. The zero-order valence-electron chi connectivity index (χ0n) is 12.1. The van der Waals surface area contributed by atoms with Crippen LogP contribution in [0.3, 0.4) is 0 Å². The number of aryl methyl sites for hydroxylation is 1. The van der Waals surface area contributed by atoms with Crippen molar-refractivity contribution in [2.24, 2.45) is 0 Å². The minimum atomic E-state index is -1.13. The zero-order valence-corrected chi connectivity index (χ0v) is 12.9. The molecule has 1 saturated heterocycles. The van der Waals surface area contributed by atoms with Crippen molar-refractivity contribution < 1.29 is 19.2 Å². The van der Waals surface area contributed by atoms with Crippen LogP contribution in [-0.4, -0.2) is 44.2 Å². The van der Waals surface area contributed by atoms with Crippen molar-refractivity contribution >= 4 is 23.6 Å². The van der Waals surface area contributed by atoms with Gasteiger partial charge in [-0.1, -0.05) is 19.0 Å². The predicted molar refractivity (Wildman–Crippen MR) is 77.2 cm³/mol. The van der Waals surface area contributed by atoms with Crippen LogP contribution in [0.5, 0.6) is 0 Å². The van der Waals surface area contributed by atoms with E-state index in [0.717, 1.165) is 5.75 Å². The summed E-state index contributed by atoms with van der Waals surface area (Å²) < 4.78 is 5.06. The first-order valence-corrected chi connectivity index (χ1v) is 8.03. The van der Waals surface area contributed by atoms with E-state index in [1.807, 2.05) is 13.8 Å². The number of carboxylic acid groups (broad SMARTS) is 1. The molecule has 1 aromatic rings. The summed E-state index contributed by atoms with van der Waals surface area (Å²) in [6.45, 7) is 3.91. The van der Waals surface area contributed by atoms with Crippen molar-refractivity contribution in [1.29, 1.82) is 0 Å². The third-order valence-electron chi connectivity index (χ3n) is 3.38. The summed E-state index contributed by atoms with van der Waals surface area (Å²) >= 11 is 1.54. The Morgan fingerprint density at radius 2 is 2.29 bits per heavy atom. The molecular formula is C13H19N3O4S. The Hall–Kier alpha value is -1.57. The van der Waals surface area contributed by atoms with E-state index < -0.39 is 11.5 Å². The Morgan fingerprint density at radius 3 is 2.81 bits per heavy atom. The highest BCUT2D eigenvalue weighted by Gasteiger charge is 2.43. The number of nitrogens with one attached hydrogen (secondary N) is 1. The summed E-state index contributed by atoms with van der Waals surface area (Å²) in [6.07, 6.45) is 0.907. The molecule has 2 heterocycles. The molecule has 1 unspecified atom stereocenters. The maximum atomic E-state index is 11.9. The molecular weight excluding hydrogens is 294 g/mol. The number of carboxylic acids is 1. The van der Waals surface area contributed by atoms with Gasteiger partial charge in [0.1, 0.15) is 5.54 Å². The first-order valence-electron chi connectivity index (χ1n) is 6.87. The van der Waals surface area contributed by atoms with Gasteiger partial charge >= 0.3 is 5.97 Å². The molecule has 1 atom stereocenters. The molecule has 0 saturated carbocycles. The van der Waals surface area contributed by atoms with Crippen molar-refractivity contribution in [2.75, 3.05) is 11.5 Å². The minimum Gasteiger partial charge on any atom is -0.479 e. The number of thioether (sulfide) groups is 1. The predicted octanol–water partition coefficient (Wildman–Crippen LogP) is 1.20. The van der Waals surface area contributed by atoms with E-state index in [0.29, 0.717) is 30.3 Å². The molecule has 1 aliphatic heterocycles. The molecule has 8 heteroatoms. The highest BCUT2D eigenvalue weighted by molar-refractivity contribution is 7.99. The highest BCUT2D eigenvalue weighted by atomic mass is 32.2. The Morgan fingerprint density at radius 1 is 1.52 bits per heavy atom. The van der Waals surface area contributed by atoms with Gasteiger partial charge in [0.25, 0.3) is 0 Å². The molecule has 1 aliphatic rings. The molecule has 1 amide bonds. The minimum absolute atomic E-state index is 0.138. The number of carbonyl (C=O) groups is 2. The smallest absolute Gasteiger partial charge is 0.330 e. The number of rotatable bonds is 6. The van der Waals surface area contributed by atoms with Crippen molar-refractivity contribution in [1.82, 2.24) is 15.5 Å². The van der Waals surface area contributed by atoms with Crippen LogP contribution in [0.1, 0.15) is 44.3 Å². The Labute approximate surface area is 126 Å². The van der Waals surface area contributed by atoms with Crippen molar-refractivity contribution in [3.05, 3.63) is 11.7 Å². The molecule has 0 aliphatic carbocycles. The van der Waals surface area contributed by atoms with Gasteiger partial charge in [-0.25, -0.2) is 4.79 Å². The van der Waals surface area contributed by atoms with Gasteiger partial charge in [-0.3, -0.25) is 4.79 Å². The Kier molecular flexibility index (Phi) is 4.87. The van der Waals surface area contributed by atoms with Gasteiger partial charge in [0.15, 0.2) is 5.82 Å². The summed E-state index contributed by atoms with van der Waals surface area (Å²) in [4.78, 5) is 27.5. The topological polar surface area (TPSA) is 105 Å². The van der Waals surface area contributed by atoms with Crippen LogP contribution in [0.15, 0.2) is 4.52 Å². The first-order chi connectivity index (χ1) is 9.93. The summed E-state index contributed by atoms with van der Waals surface area (Å²) in [6, 6.07) is 0. The number of nitrogens with zero attached hydrogens (tertiary/aromatic N) is 2. The van der Waals surface area contributed by atoms with E-state index in [4.69, 9.17) is 4.52 Å². The van der Waals surface area contributed by atoms with Crippen LogP contribution in [0.4, 0.5) is 0 Å². The SMILES string of the molecule is CC(C)c1noc(CCC(=O)NC2(C(=O)O)CCSC2)n1. The van der Waals surface area contributed by atoms with Crippen LogP contribution in [0, 0.1) is 0 Å². The second-order valence-electron chi connectivity index (χ2n) is 5.44. The Balaban J connectivity index is 1.88. The standard InChI is InChI=1S/C13H19N3O4S/c1-8(2)11-14-10(20-16-11)4-3-9(17)15-13(12(18)19)5-6-21-7-13/h8H,3-7H2,1-2H3,(H,15,17)(H,18,19). The lowest BCUT2D eigenvalue weighted by atomic mass is 9.99. The molecule has 1 fully saturated rings. The number of aliphatic carboxylic acids is 1. The lowest BCUT2D eigenvalue weighted by Gasteiger charge is -2.24. The van der Waals surface area contributed by atoms with E-state index in [9.17, 15) is 14.7 Å². The van der Waals surface area contributed by atoms with Gasteiger partial charge in [0.05, 0.1) is 0 Å². The number of carbonyl (C=O) groups excluding carboxylic acids is 1. The Bertz CT molecular complexity index is 523. The molecule has 116 valence electrons. The van der Waals surface area contributed by atoms with Gasteiger partial charge < -0.3 is 14.9 Å². The van der Waals surface area contributed by atoms with Crippen LogP contribution >= 0.6 is 11.8 Å². The van der Waals surface area contributed by atoms with Gasteiger partial charge in [-0.15, -0.1) is 0 Å². The van der Waals surface area contributed by atoms with Crippen molar-refractivity contribution in [3.8, 4) is 0 Å². The molecule has 2 rings (SSSR count). The van der Waals surface area contributed by atoms with Gasteiger partial charge in [-0.05, 0) is 12.2 Å². The highest BCUT2D eigenvalue weighted by Crippen LogP contribution is 2.28. The summed E-state index contributed by atoms with van der Waals surface area (Å²) in [5.74, 6) is 1.06. The summed E-state index contributed by atoms with van der Waals surface area (Å²) in [7, 11) is 0. The first kappa shape index (κ1) is 15.8. The lowest BCUT2D eigenvalue weighted by molar-refractivity contribution is -0.146. The fourth-order valence-corrected chi connectivity index (χ4v) is 3.37. The van der Waals surface area contributed by atoms with Crippen LogP contribution in [0.25, 0.3) is 0 Å². The fraction of sp³-hybridized carbons (Fsp3) is 0.692. The molecule has 7 nitrogen and oxygen atoms in total. The van der Waals surface area contributed by atoms with E-state index in [-0.39, 0.29) is 18.2 Å². The maximum absolute atomic E-state index is 11.9. The van der Waals surface area contributed by atoms with Crippen LogP contribution < -0.4 is 5.32 Å². The average Bonchev–Trinajstić information content (AvgIpc) is 3.05. The molecule has 0 bridgehead atoms. The normalized spacial score (nSPS) is 21.7. The molecule has 2 N–H and O–H groups in total. The van der Waals surface area contributed by atoms with Crippen molar-refractivity contribution in [3.63, 3.8) is 0 Å². The summed E-state index contributed by atoms with van der Waals surface area (Å²) in [5, 5.41) is 15.8. The van der Waals surface area contributed by atoms with Gasteiger partial charge in [0, 0.05) is 24.5 Å². The molecule has 0 aromatic carbocycles. The number of aromatic nitrogens is 2. The number of hydrogen-bond acceptors (Lipinski definition) is 6. The van der Waals surface area contributed by atoms with Crippen molar-refractivity contribution in [2.45, 2.75) is 44.6 Å². The summed E-state index contributed by atoms with van der Waals surface area (Å²) in [5.41, 5.74) is -1.13. The quantitative estimate of drug-likeness (QED) is 0.813. The lowest BCUT2D eigenvalue weighted by Crippen LogP contribution is -2.54. The van der Waals surface area contributed by atoms with Crippen LogP contribution in [0.2, 0.25) is 0 Å². The number of hydrogen-bond donors (Lipinski definition) is 2. The fourth-order valence-electron chi connectivity index (χ4n) is 2.04. The van der Waals surface area contributed by atoms with E-state index >= 15 is 0 Å². The number of amides is 1. The van der Waals surface area contributed by atoms with E-state index in [1.54, 1.807) is 0 Å². The zero-order chi connectivity index (χ0) is 15.5. The van der Waals surface area contributed by atoms with Gasteiger partial charge in [-0.2, -0.15) is 16.7 Å². The van der Waals surface area contributed by atoms with E-state index in [1.165, 1.54) is 11.8 Å². The monoisotopic (exact) mass is 313 g/mol. The molecule has 0 spiro atoms. The van der Waals surface area contributed by atoms with Gasteiger partial charge in [0.2, 0.25) is 11.8 Å². The maximum Gasteiger partial charge on any atom is 0.330 e. The third kappa shape index (κ3) is 3.75. The largest absolute Gasteiger partial charge is 0.479 e. The second-order valence-corrected chi connectivity index (χ2v) is 6.54. The molecule has 1 aromatic heterocycles. The van der Waals surface area contributed by atoms with Crippen LogP contribution in [-0.2, 0) is 16.0 Å². The molecule has 21 heavy (non-hydrogen) atoms. The molecule has 0 radical (unpaired) electrons. The second kappa shape index (κ2) is 6.46. The van der Waals surface area contributed by atoms with E-state index in [2.05, 4.69) is 15.5 Å². The third-order valence-corrected chi connectivity index (χ3v) is 4.57.